The molecule has 0 spiro atoms. The van der Waals surface area contributed by atoms with E-state index in [1.54, 1.807) is 29.4 Å². The van der Waals surface area contributed by atoms with Gasteiger partial charge in [0.25, 0.3) is 0 Å². The number of carbonyl (C=O) groups is 1. The molecule has 25 heavy (non-hydrogen) atoms. The quantitative estimate of drug-likeness (QED) is 0.783. The second-order valence-electron chi connectivity index (χ2n) is 6.56. The number of rotatable bonds is 4. The molecule has 136 valence electrons. The number of carbonyl (C=O) groups excluding carboxylic acids is 1. The zero-order chi connectivity index (χ0) is 18.2. The molecule has 3 rings (SSSR count). The molecular formula is C18H24N2O4S. The standard InChI is InChI=1S/C18H24N2O4S/c1-13-12-20(14(2)18(21)24-3)17-8-7-15(11-16(13)17)25(22,23)19-9-5-4-6-10-19/h7-8,11-12,14H,4-6,9-10H2,1-3H3. The van der Waals surface area contributed by atoms with Gasteiger partial charge in [-0.25, -0.2) is 13.2 Å². The number of benzene rings is 1. The van der Waals surface area contributed by atoms with Gasteiger partial charge in [-0.3, -0.25) is 0 Å². The van der Waals surface area contributed by atoms with Gasteiger partial charge in [0.2, 0.25) is 10.0 Å². The van der Waals surface area contributed by atoms with E-state index in [9.17, 15) is 13.2 Å². The molecule has 0 bridgehead atoms. The fourth-order valence-electron chi connectivity index (χ4n) is 3.42. The average Bonchev–Trinajstić information content (AvgIpc) is 2.97. The molecule has 6 nitrogen and oxygen atoms in total. The number of aromatic nitrogens is 1. The number of sulfonamides is 1. The van der Waals surface area contributed by atoms with E-state index in [-0.39, 0.29) is 5.97 Å². The molecule has 1 unspecified atom stereocenters. The summed E-state index contributed by atoms with van der Waals surface area (Å²) in [5.74, 6) is -0.332. The third kappa shape index (κ3) is 3.18. The zero-order valence-corrected chi connectivity index (χ0v) is 15.7. The van der Waals surface area contributed by atoms with Crippen molar-refractivity contribution >= 4 is 26.9 Å². The van der Waals surface area contributed by atoms with Gasteiger partial charge in [-0.15, -0.1) is 0 Å². The topological polar surface area (TPSA) is 68.6 Å². The summed E-state index contributed by atoms with van der Waals surface area (Å²) in [7, 11) is -2.11. The highest BCUT2D eigenvalue weighted by molar-refractivity contribution is 7.89. The minimum absolute atomic E-state index is 0.313. The predicted octanol–water partition coefficient (Wildman–Crippen LogP) is 2.86. The Kier molecular flexibility index (Phi) is 4.88. The highest BCUT2D eigenvalue weighted by atomic mass is 32.2. The van der Waals surface area contributed by atoms with E-state index < -0.39 is 16.1 Å². The molecule has 1 fully saturated rings. The lowest BCUT2D eigenvalue weighted by atomic mass is 10.2. The SMILES string of the molecule is COC(=O)C(C)n1cc(C)c2cc(S(=O)(=O)N3CCCCC3)ccc21. The number of nitrogens with zero attached hydrogens (tertiary/aromatic N) is 2. The molecule has 0 amide bonds. The minimum Gasteiger partial charge on any atom is -0.467 e. The van der Waals surface area contributed by atoms with Gasteiger partial charge in [0.1, 0.15) is 6.04 Å². The second-order valence-corrected chi connectivity index (χ2v) is 8.50. The molecular weight excluding hydrogens is 340 g/mol. The monoisotopic (exact) mass is 364 g/mol. The van der Waals surface area contributed by atoms with Crippen molar-refractivity contribution < 1.29 is 17.9 Å². The lowest BCUT2D eigenvalue weighted by molar-refractivity contribution is -0.143. The number of hydrogen-bond acceptors (Lipinski definition) is 4. The Labute approximate surface area is 148 Å². The molecule has 0 saturated carbocycles. The van der Waals surface area contributed by atoms with Crippen LogP contribution in [0.5, 0.6) is 0 Å². The van der Waals surface area contributed by atoms with Crippen molar-refractivity contribution in [1.29, 1.82) is 0 Å². The Morgan fingerprint density at radius 2 is 1.88 bits per heavy atom. The first-order chi connectivity index (χ1) is 11.9. The van der Waals surface area contributed by atoms with Crippen molar-refractivity contribution in [1.82, 2.24) is 8.87 Å². The molecule has 0 aliphatic carbocycles. The van der Waals surface area contributed by atoms with E-state index in [0.29, 0.717) is 18.0 Å². The van der Waals surface area contributed by atoms with Gasteiger partial charge in [-0.1, -0.05) is 6.42 Å². The van der Waals surface area contributed by atoms with Crippen LogP contribution in [0.2, 0.25) is 0 Å². The van der Waals surface area contributed by atoms with E-state index in [2.05, 4.69) is 0 Å². The number of ether oxygens (including phenoxy) is 1. The Morgan fingerprint density at radius 3 is 2.52 bits per heavy atom. The maximum absolute atomic E-state index is 12.9. The Morgan fingerprint density at radius 1 is 1.20 bits per heavy atom. The lowest BCUT2D eigenvalue weighted by Crippen LogP contribution is -2.35. The van der Waals surface area contributed by atoms with Crippen molar-refractivity contribution in [3.63, 3.8) is 0 Å². The van der Waals surface area contributed by atoms with Crippen LogP contribution in [0, 0.1) is 6.92 Å². The number of hydrogen-bond donors (Lipinski definition) is 0. The first-order valence-electron chi connectivity index (χ1n) is 8.55. The number of methoxy groups -OCH3 is 1. The largest absolute Gasteiger partial charge is 0.467 e. The predicted molar refractivity (Wildman–Crippen MR) is 96.0 cm³/mol. The van der Waals surface area contributed by atoms with Crippen LogP contribution in [0.3, 0.4) is 0 Å². The molecule has 2 aromatic rings. The number of piperidine rings is 1. The van der Waals surface area contributed by atoms with Crippen molar-refractivity contribution in [3.05, 3.63) is 30.0 Å². The lowest BCUT2D eigenvalue weighted by Gasteiger charge is -2.26. The van der Waals surface area contributed by atoms with Crippen LogP contribution in [0.15, 0.2) is 29.3 Å². The van der Waals surface area contributed by atoms with E-state index >= 15 is 0 Å². The Hall–Kier alpha value is -1.86. The number of esters is 1. The highest BCUT2D eigenvalue weighted by Gasteiger charge is 2.27. The van der Waals surface area contributed by atoms with Crippen LogP contribution in [-0.2, 0) is 19.6 Å². The summed E-state index contributed by atoms with van der Waals surface area (Å²) in [6.07, 6.45) is 4.77. The van der Waals surface area contributed by atoms with Crippen molar-refractivity contribution in [2.75, 3.05) is 20.2 Å². The molecule has 2 heterocycles. The van der Waals surface area contributed by atoms with Gasteiger partial charge in [-0.05, 0) is 50.5 Å². The van der Waals surface area contributed by atoms with Crippen LogP contribution in [0.25, 0.3) is 10.9 Å². The summed E-state index contributed by atoms with van der Waals surface area (Å²) >= 11 is 0. The zero-order valence-electron chi connectivity index (χ0n) is 14.9. The molecule has 0 N–H and O–H groups in total. The van der Waals surface area contributed by atoms with Crippen LogP contribution in [0.4, 0.5) is 0 Å². The third-order valence-corrected chi connectivity index (χ3v) is 6.81. The van der Waals surface area contributed by atoms with E-state index in [1.807, 2.05) is 17.7 Å². The fraction of sp³-hybridized carbons (Fsp3) is 0.500. The van der Waals surface area contributed by atoms with Crippen LogP contribution >= 0.6 is 0 Å². The molecule has 7 heteroatoms. The van der Waals surface area contributed by atoms with Crippen molar-refractivity contribution in [2.24, 2.45) is 0 Å². The maximum Gasteiger partial charge on any atom is 0.328 e. The molecule has 1 aliphatic rings. The number of fused-ring (bicyclic) bond motifs is 1. The summed E-state index contributed by atoms with van der Waals surface area (Å²) in [4.78, 5) is 12.2. The average molecular weight is 364 g/mol. The molecule has 1 aromatic carbocycles. The van der Waals surface area contributed by atoms with Gasteiger partial charge < -0.3 is 9.30 Å². The summed E-state index contributed by atoms with van der Waals surface area (Å²) in [6, 6.07) is 4.66. The summed E-state index contributed by atoms with van der Waals surface area (Å²) < 4.78 is 34.0. The summed E-state index contributed by atoms with van der Waals surface area (Å²) in [5.41, 5.74) is 1.76. The smallest absolute Gasteiger partial charge is 0.328 e. The fourth-order valence-corrected chi connectivity index (χ4v) is 4.97. The minimum atomic E-state index is -3.47. The summed E-state index contributed by atoms with van der Waals surface area (Å²) in [6.45, 7) is 4.85. The van der Waals surface area contributed by atoms with Crippen LogP contribution < -0.4 is 0 Å². The molecule has 1 atom stereocenters. The van der Waals surface area contributed by atoms with Crippen molar-refractivity contribution in [2.45, 2.75) is 44.0 Å². The van der Waals surface area contributed by atoms with E-state index in [0.717, 1.165) is 35.7 Å². The normalized spacial score (nSPS) is 17.6. The highest BCUT2D eigenvalue weighted by Crippen LogP contribution is 2.29. The third-order valence-electron chi connectivity index (χ3n) is 4.92. The van der Waals surface area contributed by atoms with Crippen molar-refractivity contribution in [3.8, 4) is 0 Å². The van der Waals surface area contributed by atoms with Gasteiger partial charge in [0, 0.05) is 30.2 Å². The first kappa shape index (κ1) is 17.9. The van der Waals surface area contributed by atoms with Gasteiger partial charge >= 0.3 is 5.97 Å². The molecule has 1 aromatic heterocycles. The maximum atomic E-state index is 12.9. The second kappa shape index (κ2) is 6.80. The Bertz CT molecular complexity index is 895. The van der Waals surface area contributed by atoms with Crippen LogP contribution in [0.1, 0.15) is 37.8 Å². The molecule has 1 aliphatic heterocycles. The van der Waals surface area contributed by atoms with Gasteiger partial charge in [0.05, 0.1) is 12.0 Å². The van der Waals surface area contributed by atoms with E-state index in [1.165, 1.54) is 7.11 Å². The molecule has 1 saturated heterocycles. The van der Waals surface area contributed by atoms with E-state index in [4.69, 9.17) is 4.74 Å². The molecule has 0 radical (unpaired) electrons. The summed E-state index contributed by atoms with van der Waals surface area (Å²) in [5, 5.41) is 0.842. The Balaban J connectivity index is 2.04. The van der Waals surface area contributed by atoms with Gasteiger partial charge in [0.15, 0.2) is 0 Å². The first-order valence-corrected chi connectivity index (χ1v) is 9.99. The van der Waals surface area contributed by atoms with Gasteiger partial charge in [-0.2, -0.15) is 4.31 Å². The van der Waals surface area contributed by atoms with Crippen LogP contribution in [-0.4, -0.2) is 43.5 Å². The number of aryl methyl sites for hydroxylation is 1.